The fourth-order valence-corrected chi connectivity index (χ4v) is 3.55. The van der Waals surface area contributed by atoms with Gasteiger partial charge in [-0.1, -0.05) is 33.6 Å². The maximum absolute atomic E-state index is 12.7. The summed E-state index contributed by atoms with van der Waals surface area (Å²) in [6, 6.07) is 5.42. The number of carbonyl (C=O) groups excluding carboxylic acids is 1. The molecule has 2 N–H and O–H groups in total. The van der Waals surface area contributed by atoms with Gasteiger partial charge in [0.2, 0.25) is 0 Å². The second-order valence-corrected chi connectivity index (χ2v) is 7.94. The minimum Gasteiger partial charge on any atom is -0.493 e. The maximum Gasteiger partial charge on any atom is 0.341 e. The van der Waals surface area contributed by atoms with Crippen molar-refractivity contribution >= 4 is 11.7 Å². The summed E-state index contributed by atoms with van der Waals surface area (Å²) >= 11 is 0. The molecular weight excluding hydrogens is 340 g/mol. The van der Waals surface area contributed by atoms with E-state index < -0.39 is 0 Å². The van der Waals surface area contributed by atoms with Crippen LogP contribution in [0, 0.1) is 5.92 Å². The normalized spacial score (nSPS) is 16.3. The van der Waals surface area contributed by atoms with E-state index in [4.69, 9.17) is 15.2 Å². The van der Waals surface area contributed by atoms with Crippen molar-refractivity contribution in [2.24, 2.45) is 5.92 Å². The largest absolute Gasteiger partial charge is 0.493 e. The topological polar surface area (TPSA) is 64.8 Å². The van der Waals surface area contributed by atoms with Crippen molar-refractivity contribution in [3.63, 3.8) is 0 Å². The van der Waals surface area contributed by atoms with Crippen molar-refractivity contribution < 1.29 is 14.3 Å². The monoisotopic (exact) mass is 376 g/mol. The van der Waals surface area contributed by atoms with Crippen LogP contribution in [0.3, 0.4) is 0 Å². The molecule has 0 saturated carbocycles. The number of benzene rings is 1. The first-order valence-corrected chi connectivity index (χ1v) is 10.4. The van der Waals surface area contributed by atoms with E-state index in [1.807, 2.05) is 0 Å². The molecule has 0 amide bonds. The van der Waals surface area contributed by atoms with Crippen molar-refractivity contribution in [3.05, 3.63) is 23.8 Å². The highest BCUT2D eigenvalue weighted by atomic mass is 16.5. The van der Waals surface area contributed by atoms with Crippen molar-refractivity contribution in [2.75, 3.05) is 32.0 Å². The number of esters is 1. The molecule has 2 rings (SSSR count). The number of rotatable bonds is 10. The summed E-state index contributed by atoms with van der Waals surface area (Å²) in [6.07, 6.45) is 6.78. The Bertz CT molecular complexity index is 583. The number of anilines is 1. The summed E-state index contributed by atoms with van der Waals surface area (Å²) < 4.78 is 11.5. The first-order valence-electron chi connectivity index (χ1n) is 10.4. The van der Waals surface area contributed by atoms with Gasteiger partial charge in [0.05, 0.1) is 6.61 Å². The number of nitrogens with two attached hydrogens (primary N) is 1. The van der Waals surface area contributed by atoms with Gasteiger partial charge in [-0.15, -0.1) is 0 Å². The van der Waals surface area contributed by atoms with E-state index in [0.29, 0.717) is 36.1 Å². The molecule has 1 aromatic rings. The number of hydrogen-bond donors (Lipinski definition) is 1. The third kappa shape index (κ3) is 7.06. The molecule has 0 radical (unpaired) electrons. The molecule has 1 fully saturated rings. The molecule has 27 heavy (non-hydrogen) atoms. The Morgan fingerprint density at radius 1 is 1.22 bits per heavy atom. The first kappa shape index (κ1) is 21.5. The van der Waals surface area contributed by atoms with Crippen molar-refractivity contribution in [2.45, 2.75) is 65.3 Å². The summed E-state index contributed by atoms with van der Waals surface area (Å²) in [5, 5.41) is 0. The van der Waals surface area contributed by atoms with Gasteiger partial charge in [-0.25, -0.2) is 4.79 Å². The number of piperidine rings is 1. The van der Waals surface area contributed by atoms with E-state index in [1.165, 1.54) is 19.3 Å². The molecule has 1 atom stereocenters. The predicted molar refractivity (Wildman–Crippen MR) is 110 cm³/mol. The van der Waals surface area contributed by atoms with Gasteiger partial charge in [0.1, 0.15) is 17.9 Å². The van der Waals surface area contributed by atoms with E-state index >= 15 is 0 Å². The number of ether oxygens (including phenoxy) is 2. The van der Waals surface area contributed by atoms with Gasteiger partial charge in [-0.05, 0) is 56.8 Å². The molecule has 152 valence electrons. The number of carbonyl (C=O) groups is 1. The van der Waals surface area contributed by atoms with Gasteiger partial charge >= 0.3 is 5.97 Å². The van der Waals surface area contributed by atoms with E-state index in [1.54, 1.807) is 18.2 Å². The Morgan fingerprint density at radius 3 is 2.63 bits per heavy atom. The van der Waals surface area contributed by atoms with Gasteiger partial charge in [0.25, 0.3) is 0 Å². The highest BCUT2D eigenvalue weighted by Crippen LogP contribution is 2.24. The number of likely N-dealkylation sites (tertiary alicyclic amines) is 1. The molecule has 0 spiro atoms. The quantitative estimate of drug-likeness (QED) is 0.370. The molecule has 0 aromatic heterocycles. The van der Waals surface area contributed by atoms with E-state index in [0.717, 1.165) is 32.4 Å². The molecule has 0 aliphatic carbocycles. The molecule has 5 heteroatoms. The van der Waals surface area contributed by atoms with Gasteiger partial charge in [0.15, 0.2) is 0 Å². The first-order chi connectivity index (χ1) is 13.0. The SMILES string of the molecule is CCCCOc1cc(N)ccc1C(=O)OC[C@H](CC(C)C)N1CCCCC1. The number of hydrogen-bond acceptors (Lipinski definition) is 5. The van der Waals surface area contributed by atoms with Crippen LogP contribution in [0.15, 0.2) is 18.2 Å². The standard InChI is InChI=1S/C22H36N2O3/c1-4-5-13-26-21-15-18(23)9-10-20(21)22(25)27-16-19(14-17(2)3)24-11-7-6-8-12-24/h9-10,15,17,19H,4-8,11-14,16,23H2,1-3H3/t19-/m0/s1. The van der Waals surface area contributed by atoms with E-state index in [2.05, 4.69) is 25.7 Å². The molecule has 1 aliphatic heterocycles. The zero-order valence-corrected chi connectivity index (χ0v) is 17.2. The second-order valence-electron chi connectivity index (χ2n) is 7.94. The summed E-state index contributed by atoms with van der Waals surface area (Å²) in [7, 11) is 0. The zero-order valence-electron chi connectivity index (χ0n) is 17.2. The lowest BCUT2D eigenvalue weighted by molar-refractivity contribution is 0.0280. The summed E-state index contributed by atoms with van der Waals surface area (Å²) in [5.41, 5.74) is 6.92. The molecule has 1 aliphatic rings. The Labute approximate surface area is 164 Å². The van der Waals surface area contributed by atoms with Crippen molar-refractivity contribution in [1.82, 2.24) is 4.90 Å². The highest BCUT2D eigenvalue weighted by molar-refractivity contribution is 5.93. The molecule has 0 unspecified atom stereocenters. The van der Waals surface area contributed by atoms with Crippen molar-refractivity contribution in [1.29, 1.82) is 0 Å². The maximum atomic E-state index is 12.7. The second kappa shape index (κ2) is 11.2. The fraction of sp³-hybridized carbons (Fsp3) is 0.682. The molecule has 1 saturated heterocycles. The minimum atomic E-state index is -0.327. The zero-order chi connectivity index (χ0) is 19.6. The lowest BCUT2D eigenvalue weighted by Gasteiger charge is -2.35. The van der Waals surface area contributed by atoms with Crippen LogP contribution >= 0.6 is 0 Å². The smallest absolute Gasteiger partial charge is 0.341 e. The molecular formula is C22H36N2O3. The summed E-state index contributed by atoms with van der Waals surface area (Å²) in [6.45, 7) is 9.74. The average Bonchev–Trinajstić information content (AvgIpc) is 2.65. The lowest BCUT2D eigenvalue weighted by Crippen LogP contribution is -2.43. The molecule has 1 aromatic carbocycles. The van der Waals surface area contributed by atoms with Crippen LogP contribution in [-0.4, -0.2) is 43.2 Å². The van der Waals surface area contributed by atoms with Crippen LogP contribution in [0.2, 0.25) is 0 Å². The number of unbranched alkanes of at least 4 members (excludes halogenated alkanes) is 1. The van der Waals surface area contributed by atoms with Crippen LogP contribution in [0.5, 0.6) is 5.75 Å². The Morgan fingerprint density at radius 2 is 1.96 bits per heavy atom. The van der Waals surface area contributed by atoms with E-state index in [-0.39, 0.29) is 12.0 Å². The predicted octanol–water partition coefficient (Wildman–Crippen LogP) is 4.51. The third-order valence-corrected chi connectivity index (χ3v) is 5.04. The van der Waals surface area contributed by atoms with Crippen LogP contribution in [0.1, 0.15) is 69.7 Å². The Kier molecular flexibility index (Phi) is 8.92. The van der Waals surface area contributed by atoms with Crippen LogP contribution in [0.25, 0.3) is 0 Å². The van der Waals surface area contributed by atoms with Crippen LogP contribution < -0.4 is 10.5 Å². The Balaban J connectivity index is 2.01. The molecule has 5 nitrogen and oxygen atoms in total. The molecule has 0 bridgehead atoms. The minimum absolute atomic E-state index is 0.285. The van der Waals surface area contributed by atoms with Crippen LogP contribution in [0.4, 0.5) is 5.69 Å². The summed E-state index contributed by atoms with van der Waals surface area (Å²) in [4.78, 5) is 15.2. The Hall–Kier alpha value is -1.75. The van der Waals surface area contributed by atoms with Gasteiger partial charge in [-0.3, -0.25) is 4.90 Å². The van der Waals surface area contributed by atoms with Gasteiger partial charge in [-0.2, -0.15) is 0 Å². The van der Waals surface area contributed by atoms with Crippen molar-refractivity contribution in [3.8, 4) is 5.75 Å². The number of nitrogen functional groups attached to an aromatic ring is 1. The van der Waals surface area contributed by atoms with Gasteiger partial charge in [0, 0.05) is 17.8 Å². The summed E-state index contributed by atoms with van der Waals surface area (Å²) in [5.74, 6) is 0.763. The average molecular weight is 377 g/mol. The number of nitrogens with zero attached hydrogens (tertiary/aromatic N) is 1. The third-order valence-electron chi connectivity index (χ3n) is 5.04. The van der Waals surface area contributed by atoms with Crippen LogP contribution in [-0.2, 0) is 4.74 Å². The highest BCUT2D eigenvalue weighted by Gasteiger charge is 2.24. The van der Waals surface area contributed by atoms with Gasteiger partial charge < -0.3 is 15.2 Å². The lowest BCUT2D eigenvalue weighted by atomic mass is 10.0. The molecule has 1 heterocycles. The fourth-order valence-electron chi connectivity index (χ4n) is 3.55. The van der Waals surface area contributed by atoms with E-state index in [9.17, 15) is 4.79 Å².